The minimum absolute atomic E-state index is 0.145. The Morgan fingerprint density at radius 1 is 1.62 bits per heavy atom. The van der Waals surface area contributed by atoms with Gasteiger partial charge in [-0.25, -0.2) is 9.78 Å². The summed E-state index contributed by atoms with van der Waals surface area (Å²) in [5.41, 5.74) is 0.871. The first-order valence-corrected chi connectivity index (χ1v) is 6.02. The molecular formula is C10H13BrN2O2S. The van der Waals surface area contributed by atoms with E-state index in [0.29, 0.717) is 10.6 Å². The van der Waals surface area contributed by atoms with Gasteiger partial charge in [-0.15, -0.1) is 0 Å². The van der Waals surface area contributed by atoms with Crippen LogP contribution in [-0.2, 0) is 11.2 Å². The summed E-state index contributed by atoms with van der Waals surface area (Å²) >= 11 is 8.43. The van der Waals surface area contributed by atoms with Crippen LogP contribution in [0.2, 0.25) is 0 Å². The second kappa shape index (κ2) is 5.54. The van der Waals surface area contributed by atoms with Gasteiger partial charge in [0.1, 0.15) is 4.64 Å². The smallest absolute Gasteiger partial charge is 0.374 e. The number of aromatic amines is 1. The maximum Gasteiger partial charge on any atom is 0.374 e. The second-order valence-electron chi connectivity index (χ2n) is 3.77. The zero-order valence-corrected chi connectivity index (χ0v) is 11.7. The van der Waals surface area contributed by atoms with Crippen LogP contribution in [0, 0.1) is 10.6 Å². The molecule has 0 aliphatic carbocycles. The van der Waals surface area contributed by atoms with Gasteiger partial charge in [-0.2, -0.15) is 0 Å². The molecule has 0 aromatic carbocycles. The Balaban J connectivity index is 3.22. The molecule has 0 atom stereocenters. The predicted molar refractivity (Wildman–Crippen MR) is 67.0 cm³/mol. The summed E-state index contributed by atoms with van der Waals surface area (Å²) in [5, 5.41) is 0. The Morgan fingerprint density at radius 2 is 2.25 bits per heavy atom. The lowest BCUT2D eigenvalue weighted by molar-refractivity contribution is 0.0586. The highest BCUT2D eigenvalue weighted by molar-refractivity contribution is 9.10. The van der Waals surface area contributed by atoms with E-state index in [1.165, 1.54) is 7.11 Å². The van der Waals surface area contributed by atoms with E-state index in [9.17, 15) is 4.79 Å². The molecule has 0 bridgehead atoms. The minimum Gasteiger partial charge on any atom is -0.463 e. The van der Waals surface area contributed by atoms with Crippen LogP contribution in [0.15, 0.2) is 4.47 Å². The Bertz CT molecular complexity index is 457. The standard InChI is InChI=1S/C10H13BrN2O2S/c1-5(2)4-6-7(11)9(16)13-8(12-6)10(14)15-3/h5H,4H2,1-3H3,(H,12,13,16). The number of hydrogen-bond acceptors (Lipinski definition) is 4. The number of halogens is 1. The zero-order chi connectivity index (χ0) is 12.3. The van der Waals surface area contributed by atoms with E-state index in [2.05, 4.69) is 44.5 Å². The Kier molecular flexibility index (Phi) is 4.61. The van der Waals surface area contributed by atoms with E-state index in [1.807, 2.05) is 0 Å². The fraction of sp³-hybridized carbons (Fsp3) is 0.500. The highest BCUT2D eigenvalue weighted by Crippen LogP contribution is 2.19. The van der Waals surface area contributed by atoms with Crippen LogP contribution in [-0.4, -0.2) is 23.0 Å². The summed E-state index contributed by atoms with van der Waals surface area (Å²) in [4.78, 5) is 18.2. The van der Waals surface area contributed by atoms with Crippen LogP contribution in [0.1, 0.15) is 30.2 Å². The number of nitrogens with one attached hydrogen (secondary N) is 1. The summed E-state index contributed by atoms with van der Waals surface area (Å²) in [6, 6.07) is 0. The van der Waals surface area contributed by atoms with Gasteiger partial charge < -0.3 is 9.72 Å². The van der Waals surface area contributed by atoms with E-state index in [4.69, 9.17) is 12.2 Å². The van der Waals surface area contributed by atoms with Crippen molar-refractivity contribution in [1.29, 1.82) is 0 Å². The SMILES string of the molecule is COC(=O)c1nc(=S)c(Br)c(CC(C)C)[nH]1. The molecule has 1 rings (SSSR count). The number of nitrogens with zero attached hydrogens (tertiary/aromatic N) is 1. The number of aromatic nitrogens is 2. The molecule has 16 heavy (non-hydrogen) atoms. The number of methoxy groups -OCH3 is 1. The summed E-state index contributed by atoms with van der Waals surface area (Å²) in [6.07, 6.45) is 0.788. The Morgan fingerprint density at radius 3 is 2.75 bits per heavy atom. The first kappa shape index (κ1) is 13.3. The third-order valence-electron chi connectivity index (χ3n) is 1.93. The average molecular weight is 305 g/mol. The van der Waals surface area contributed by atoms with Crippen molar-refractivity contribution in [2.75, 3.05) is 7.11 Å². The van der Waals surface area contributed by atoms with Crippen molar-refractivity contribution >= 4 is 34.1 Å². The number of carbonyl (C=O) groups is 1. The highest BCUT2D eigenvalue weighted by atomic mass is 79.9. The molecule has 1 heterocycles. The monoisotopic (exact) mass is 304 g/mol. The third-order valence-corrected chi connectivity index (χ3v) is 3.34. The molecule has 0 amide bonds. The van der Waals surface area contributed by atoms with Crippen LogP contribution in [0.4, 0.5) is 0 Å². The second-order valence-corrected chi connectivity index (χ2v) is 4.95. The van der Waals surface area contributed by atoms with Crippen molar-refractivity contribution in [3.8, 4) is 0 Å². The fourth-order valence-corrected chi connectivity index (χ4v) is 1.81. The number of H-pyrrole nitrogens is 1. The van der Waals surface area contributed by atoms with Crippen LogP contribution in [0.5, 0.6) is 0 Å². The van der Waals surface area contributed by atoms with Gasteiger partial charge in [-0.3, -0.25) is 0 Å². The molecule has 0 unspecified atom stereocenters. The molecule has 1 aromatic heterocycles. The molecular weight excluding hydrogens is 292 g/mol. The van der Waals surface area contributed by atoms with Gasteiger partial charge in [0.25, 0.3) is 0 Å². The number of rotatable bonds is 3. The van der Waals surface area contributed by atoms with Crippen LogP contribution in [0.25, 0.3) is 0 Å². The molecule has 88 valence electrons. The van der Waals surface area contributed by atoms with Gasteiger partial charge in [0.05, 0.1) is 11.6 Å². The molecule has 1 N–H and O–H groups in total. The van der Waals surface area contributed by atoms with Crippen LogP contribution in [0.3, 0.4) is 0 Å². The lowest BCUT2D eigenvalue weighted by Gasteiger charge is -2.09. The molecule has 0 aliphatic rings. The van der Waals surface area contributed by atoms with E-state index in [0.717, 1.165) is 16.6 Å². The van der Waals surface area contributed by atoms with Crippen molar-refractivity contribution in [2.24, 2.45) is 5.92 Å². The molecule has 6 heteroatoms. The van der Waals surface area contributed by atoms with E-state index >= 15 is 0 Å². The number of hydrogen-bond donors (Lipinski definition) is 1. The van der Waals surface area contributed by atoms with Crippen LogP contribution < -0.4 is 0 Å². The van der Waals surface area contributed by atoms with E-state index in [-0.39, 0.29) is 5.82 Å². The van der Waals surface area contributed by atoms with Gasteiger partial charge in [0.2, 0.25) is 5.82 Å². The van der Waals surface area contributed by atoms with Crippen molar-refractivity contribution in [2.45, 2.75) is 20.3 Å². The van der Waals surface area contributed by atoms with Crippen molar-refractivity contribution in [3.63, 3.8) is 0 Å². The maximum absolute atomic E-state index is 11.3. The molecule has 0 radical (unpaired) electrons. The molecule has 0 saturated carbocycles. The van der Waals surface area contributed by atoms with Gasteiger partial charge in [-0.05, 0) is 28.3 Å². The van der Waals surface area contributed by atoms with Gasteiger partial charge in [0, 0.05) is 5.69 Å². The first-order chi connectivity index (χ1) is 7.45. The molecule has 0 fully saturated rings. The summed E-state index contributed by atoms with van der Waals surface area (Å²) in [5.74, 6) is 0.0878. The Hall–Kier alpha value is -0.750. The summed E-state index contributed by atoms with van der Waals surface area (Å²) < 4.78 is 5.71. The van der Waals surface area contributed by atoms with Crippen LogP contribution >= 0.6 is 28.1 Å². The zero-order valence-electron chi connectivity index (χ0n) is 9.33. The molecule has 0 saturated heterocycles. The van der Waals surface area contributed by atoms with E-state index < -0.39 is 5.97 Å². The van der Waals surface area contributed by atoms with Crippen molar-refractivity contribution < 1.29 is 9.53 Å². The summed E-state index contributed by atoms with van der Waals surface area (Å²) in [7, 11) is 1.31. The molecule has 0 aliphatic heterocycles. The predicted octanol–water partition coefficient (Wildman–Crippen LogP) is 2.89. The topological polar surface area (TPSA) is 55.0 Å². The average Bonchev–Trinajstić information content (AvgIpc) is 2.22. The lowest BCUT2D eigenvalue weighted by atomic mass is 10.1. The normalized spacial score (nSPS) is 10.6. The van der Waals surface area contributed by atoms with Crippen molar-refractivity contribution in [3.05, 3.63) is 20.6 Å². The largest absolute Gasteiger partial charge is 0.463 e. The quantitative estimate of drug-likeness (QED) is 0.689. The van der Waals surface area contributed by atoms with Gasteiger partial charge in [-0.1, -0.05) is 26.1 Å². The lowest BCUT2D eigenvalue weighted by Crippen LogP contribution is -2.11. The Labute approximate surface area is 108 Å². The van der Waals surface area contributed by atoms with Crippen molar-refractivity contribution in [1.82, 2.24) is 9.97 Å². The molecule has 1 aromatic rings. The first-order valence-electron chi connectivity index (χ1n) is 4.82. The summed E-state index contributed by atoms with van der Waals surface area (Å²) in [6.45, 7) is 4.17. The van der Waals surface area contributed by atoms with Gasteiger partial charge in [0.15, 0.2) is 0 Å². The minimum atomic E-state index is -0.511. The van der Waals surface area contributed by atoms with Gasteiger partial charge >= 0.3 is 5.97 Å². The highest BCUT2D eigenvalue weighted by Gasteiger charge is 2.13. The number of carbonyl (C=O) groups excluding carboxylic acids is 1. The van der Waals surface area contributed by atoms with E-state index in [1.54, 1.807) is 0 Å². The molecule has 4 nitrogen and oxygen atoms in total. The third kappa shape index (κ3) is 3.12. The fourth-order valence-electron chi connectivity index (χ4n) is 1.25. The number of ether oxygens (including phenoxy) is 1. The number of esters is 1. The maximum atomic E-state index is 11.3. The molecule has 0 spiro atoms.